The second kappa shape index (κ2) is 20.2. The Morgan fingerprint density at radius 1 is 0.518 bits per heavy atom. The topological polar surface area (TPSA) is 167 Å². The third-order valence-electron chi connectivity index (χ3n) is 8.75. The molecule has 0 spiro atoms. The molecule has 0 aliphatic carbocycles. The lowest BCUT2D eigenvalue weighted by atomic mass is 9.92. The summed E-state index contributed by atoms with van der Waals surface area (Å²) in [7, 11) is 2.29. The molecule has 56 heavy (non-hydrogen) atoms. The summed E-state index contributed by atoms with van der Waals surface area (Å²) in [5.41, 5.74) is 0.730. The predicted molar refractivity (Wildman–Crippen MR) is 198 cm³/mol. The van der Waals surface area contributed by atoms with Crippen LogP contribution < -0.4 is 0 Å². The number of ether oxygens (including phenoxy) is 7. The molecule has 13 nitrogen and oxygen atoms in total. The Morgan fingerprint density at radius 3 is 1.30 bits per heavy atom. The Balaban J connectivity index is 1.55. The van der Waals surface area contributed by atoms with Gasteiger partial charge in [0.05, 0.1) is 36.5 Å². The van der Waals surface area contributed by atoms with E-state index in [0.717, 1.165) is 14.2 Å². The van der Waals surface area contributed by atoms with Crippen molar-refractivity contribution in [2.24, 2.45) is 5.92 Å². The zero-order chi connectivity index (χ0) is 39.9. The SMILES string of the molecule is COC(=O)C(C/C=C/C[C@H]1O[C@H](COC(=O)c2ccccc2)[C@@H](OC(=O)c2ccccc2)[C@H](OC(=O)c2ccccc2)[C@H]1OC(=O)c1ccccc1)C(=O)OC. The van der Waals surface area contributed by atoms with Gasteiger partial charge in [-0.3, -0.25) is 9.59 Å². The summed E-state index contributed by atoms with van der Waals surface area (Å²) in [4.78, 5) is 78.9. The molecule has 0 unspecified atom stereocenters. The van der Waals surface area contributed by atoms with Gasteiger partial charge in [-0.1, -0.05) is 84.9 Å². The van der Waals surface area contributed by atoms with Gasteiger partial charge in [0, 0.05) is 0 Å². The monoisotopic (exact) mass is 764 g/mol. The first-order chi connectivity index (χ1) is 27.2. The summed E-state index contributed by atoms with van der Waals surface area (Å²) in [5.74, 6) is -6.01. The van der Waals surface area contributed by atoms with Gasteiger partial charge in [-0.15, -0.1) is 0 Å². The third kappa shape index (κ3) is 10.8. The van der Waals surface area contributed by atoms with Gasteiger partial charge in [-0.25, -0.2) is 19.2 Å². The van der Waals surface area contributed by atoms with Crippen molar-refractivity contribution in [2.45, 2.75) is 43.4 Å². The van der Waals surface area contributed by atoms with Crippen LogP contribution in [-0.2, 0) is 42.7 Å². The highest BCUT2D eigenvalue weighted by Gasteiger charge is 2.52. The number of esters is 6. The van der Waals surface area contributed by atoms with Crippen molar-refractivity contribution < 1.29 is 61.9 Å². The summed E-state index contributed by atoms with van der Waals surface area (Å²) < 4.78 is 39.9. The smallest absolute Gasteiger partial charge is 0.338 e. The van der Waals surface area contributed by atoms with Crippen LogP contribution in [0.25, 0.3) is 0 Å². The Kier molecular flexibility index (Phi) is 14.6. The highest BCUT2D eigenvalue weighted by atomic mass is 16.7. The number of allylic oxidation sites excluding steroid dienone is 1. The average Bonchev–Trinajstić information content (AvgIpc) is 3.25. The molecule has 4 aromatic rings. The molecule has 0 saturated carbocycles. The van der Waals surface area contributed by atoms with Crippen molar-refractivity contribution in [3.8, 4) is 0 Å². The molecule has 0 radical (unpaired) electrons. The second-order valence-electron chi connectivity index (χ2n) is 12.4. The predicted octanol–water partition coefficient (Wildman–Crippen LogP) is 5.59. The molecule has 1 saturated heterocycles. The largest absolute Gasteiger partial charge is 0.468 e. The van der Waals surface area contributed by atoms with E-state index in [0.29, 0.717) is 0 Å². The molecule has 4 aromatic carbocycles. The lowest BCUT2D eigenvalue weighted by molar-refractivity contribution is -0.227. The molecular formula is C43H40O13. The van der Waals surface area contributed by atoms with Crippen molar-refractivity contribution in [3.05, 3.63) is 156 Å². The van der Waals surface area contributed by atoms with E-state index in [1.807, 2.05) is 0 Å². The maximum Gasteiger partial charge on any atom is 0.338 e. The number of benzene rings is 4. The van der Waals surface area contributed by atoms with Crippen molar-refractivity contribution in [2.75, 3.05) is 20.8 Å². The third-order valence-corrected chi connectivity index (χ3v) is 8.75. The molecule has 5 rings (SSSR count). The maximum absolute atomic E-state index is 13.8. The second-order valence-corrected chi connectivity index (χ2v) is 12.4. The van der Waals surface area contributed by atoms with Gasteiger partial charge in [0.25, 0.3) is 0 Å². The van der Waals surface area contributed by atoms with Crippen molar-refractivity contribution >= 4 is 35.8 Å². The van der Waals surface area contributed by atoms with Crippen LogP contribution in [0, 0.1) is 5.92 Å². The number of methoxy groups -OCH3 is 2. The summed E-state index contributed by atoms with van der Waals surface area (Å²) in [6, 6.07) is 32.3. The number of hydrogen-bond donors (Lipinski definition) is 0. The van der Waals surface area contributed by atoms with Crippen LogP contribution in [0.4, 0.5) is 0 Å². The van der Waals surface area contributed by atoms with E-state index in [1.54, 1.807) is 91.0 Å². The van der Waals surface area contributed by atoms with Crippen molar-refractivity contribution in [3.63, 3.8) is 0 Å². The van der Waals surface area contributed by atoms with Gasteiger partial charge in [-0.05, 0) is 61.4 Å². The summed E-state index contributed by atoms with van der Waals surface area (Å²) in [6.45, 7) is -0.480. The zero-order valence-corrected chi connectivity index (χ0v) is 30.6. The van der Waals surface area contributed by atoms with Gasteiger partial charge < -0.3 is 33.2 Å². The highest BCUT2D eigenvalue weighted by Crippen LogP contribution is 2.33. The fourth-order valence-electron chi connectivity index (χ4n) is 5.88. The molecule has 1 fully saturated rings. The van der Waals surface area contributed by atoms with Crippen molar-refractivity contribution in [1.82, 2.24) is 0 Å². The van der Waals surface area contributed by atoms with Gasteiger partial charge in [0.2, 0.25) is 0 Å². The van der Waals surface area contributed by atoms with Crippen LogP contribution in [0.3, 0.4) is 0 Å². The first-order valence-electron chi connectivity index (χ1n) is 17.7. The van der Waals surface area contributed by atoms with Crippen LogP contribution in [-0.4, -0.2) is 87.2 Å². The lowest BCUT2D eigenvalue weighted by Gasteiger charge is -2.44. The summed E-state index contributed by atoms with van der Waals surface area (Å²) >= 11 is 0. The quantitative estimate of drug-likeness (QED) is 0.0637. The average molecular weight is 765 g/mol. The molecule has 13 heteroatoms. The lowest BCUT2D eigenvalue weighted by Crippen LogP contribution is -2.62. The normalized spacial score (nSPS) is 19.0. The number of carbonyl (C=O) groups is 6. The van der Waals surface area contributed by atoms with Crippen LogP contribution in [0.2, 0.25) is 0 Å². The minimum atomic E-state index is -1.52. The Hall–Kier alpha value is -6.60. The van der Waals surface area contributed by atoms with Gasteiger partial charge >= 0.3 is 35.8 Å². The maximum atomic E-state index is 13.8. The van der Waals surface area contributed by atoms with E-state index in [4.69, 9.17) is 33.2 Å². The molecule has 1 aliphatic heterocycles. The minimum absolute atomic E-state index is 0.0519. The van der Waals surface area contributed by atoms with Crippen LogP contribution >= 0.6 is 0 Å². The molecule has 0 amide bonds. The minimum Gasteiger partial charge on any atom is -0.468 e. The van der Waals surface area contributed by atoms with E-state index in [2.05, 4.69) is 0 Å². The van der Waals surface area contributed by atoms with E-state index >= 15 is 0 Å². The van der Waals surface area contributed by atoms with Gasteiger partial charge in [-0.2, -0.15) is 0 Å². The number of carbonyl (C=O) groups excluding carboxylic acids is 6. The van der Waals surface area contributed by atoms with Crippen LogP contribution in [0.1, 0.15) is 54.3 Å². The standard InChI is InChI=1S/C43H40O13/c1-50-42(48)32(43(49)51-2)25-15-16-26-33-35(54-39(45)29-19-9-4-10-20-29)37(56-41(47)31-23-13-6-14-24-31)36(55-40(46)30-21-11-5-12-22-30)34(53-33)27-52-38(44)28-17-7-3-8-18-28/h3-24,32-37H,25-27H2,1-2H3/b16-15+/t33-,34-,35+,36-,37-/m1/s1. The highest BCUT2D eigenvalue weighted by molar-refractivity contribution is 5.95. The molecule has 5 atom stereocenters. The van der Waals surface area contributed by atoms with Gasteiger partial charge in [0.1, 0.15) is 18.8 Å². The summed E-state index contributed by atoms with van der Waals surface area (Å²) in [5, 5.41) is 0. The Labute approximate surface area is 323 Å². The number of hydrogen-bond acceptors (Lipinski definition) is 13. The van der Waals surface area contributed by atoms with E-state index in [1.165, 1.54) is 42.5 Å². The van der Waals surface area contributed by atoms with E-state index in [-0.39, 0.29) is 35.1 Å². The molecule has 0 N–H and O–H groups in total. The summed E-state index contributed by atoms with van der Waals surface area (Å²) in [6.07, 6.45) is -3.90. The molecule has 0 aromatic heterocycles. The van der Waals surface area contributed by atoms with Crippen molar-refractivity contribution in [1.29, 1.82) is 0 Å². The first-order valence-corrected chi connectivity index (χ1v) is 17.7. The molecular weight excluding hydrogens is 724 g/mol. The van der Waals surface area contributed by atoms with E-state index in [9.17, 15) is 28.8 Å². The van der Waals surface area contributed by atoms with Crippen LogP contribution in [0.15, 0.2) is 133 Å². The van der Waals surface area contributed by atoms with Gasteiger partial charge in [0.15, 0.2) is 24.2 Å². The Bertz CT molecular complexity index is 1950. The van der Waals surface area contributed by atoms with Crippen LogP contribution in [0.5, 0.6) is 0 Å². The van der Waals surface area contributed by atoms with E-state index < -0.39 is 78.9 Å². The molecule has 1 aliphatic rings. The molecule has 0 bridgehead atoms. The zero-order valence-electron chi connectivity index (χ0n) is 30.6. The Morgan fingerprint density at radius 2 is 0.893 bits per heavy atom. The molecule has 290 valence electrons. The number of rotatable bonds is 15. The first kappa shape index (κ1) is 40.6. The molecule has 1 heterocycles. The fourth-order valence-corrected chi connectivity index (χ4v) is 5.88. The fraction of sp³-hybridized carbons (Fsp3) is 0.256.